The first-order chi connectivity index (χ1) is 11.3. The maximum atomic E-state index is 10.2. The molecule has 0 aromatic heterocycles. The molecule has 11 heteroatoms. The van der Waals surface area contributed by atoms with Gasteiger partial charge in [0.15, 0.2) is 12.6 Å². The normalized spacial score (nSPS) is 50.0. The fourth-order valence-corrected chi connectivity index (χ4v) is 3.09. The van der Waals surface area contributed by atoms with Crippen molar-refractivity contribution in [1.29, 1.82) is 0 Å². The molecule has 10 nitrogen and oxygen atoms in total. The zero-order valence-corrected chi connectivity index (χ0v) is 13.8. The van der Waals surface area contributed by atoms with Crippen LogP contribution in [0.4, 0.5) is 0 Å². The monoisotopic (exact) mass is 372 g/mol. The van der Waals surface area contributed by atoms with Gasteiger partial charge >= 0.3 is 0 Å². The van der Waals surface area contributed by atoms with Crippen LogP contribution in [0.1, 0.15) is 0 Å². The van der Waals surface area contributed by atoms with E-state index in [0.717, 1.165) is 0 Å². The molecule has 0 unspecified atom stereocenters. The molecule has 142 valence electrons. The third-order valence-electron chi connectivity index (χ3n) is 4.19. The predicted molar refractivity (Wildman–Crippen MR) is 80.2 cm³/mol. The molecule has 24 heavy (non-hydrogen) atoms. The number of hydrogen-bond donors (Lipinski definition) is 7. The maximum absolute atomic E-state index is 10.2. The van der Waals surface area contributed by atoms with Crippen LogP contribution < -0.4 is 0 Å². The fraction of sp³-hybridized carbons (Fsp3) is 1.00. The van der Waals surface area contributed by atoms with Gasteiger partial charge in [0.05, 0.1) is 30.7 Å². The van der Waals surface area contributed by atoms with Crippen molar-refractivity contribution >= 4 is 12.6 Å². The molecule has 2 heterocycles. The minimum absolute atomic E-state index is 0.473. The third kappa shape index (κ3) is 3.86. The fourth-order valence-electron chi connectivity index (χ4n) is 2.75. The smallest absolute Gasteiger partial charge is 0.187 e. The quantitative estimate of drug-likeness (QED) is 0.239. The Morgan fingerprint density at radius 3 is 1.92 bits per heavy atom. The Morgan fingerprint density at radius 2 is 1.38 bits per heavy atom. The van der Waals surface area contributed by atoms with Gasteiger partial charge in [-0.05, 0) is 0 Å². The van der Waals surface area contributed by atoms with E-state index in [9.17, 15) is 30.6 Å². The van der Waals surface area contributed by atoms with E-state index in [-0.39, 0.29) is 0 Å². The summed E-state index contributed by atoms with van der Waals surface area (Å²) in [5.74, 6) is 0. The number of hydrogen-bond acceptors (Lipinski definition) is 11. The lowest BCUT2D eigenvalue weighted by Gasteiger charge is -2.45. The van der Waals surface area contributed by atoms with Crippen LogP contribution in [-0.2, 0) is 18.9 Å². The highest BCUT2D eigenvalue weighted by atomic mass is 32.1. The van der Waals surface area contributed by atoms with Gasteiger partial charge in [0, 0.05) is 7.11 Å². The number of thiol groups is 1. The predicted octanol–water partition coefficient (Wildman–Crippen LogP) is -3.81. The van der Waals surface area contributed by atoms with Gasteiger partial charge in [-0.2, -0.15) is 12.6 Å². The Kier molecular flexibility index (Phi) is 7.22. The zero-order chi connectivity index (χ0) is 18.0. The first-order valence-electron chi connectivity index (χ1n) is 7.46. The maximum Gasteiger partial charge on any atom is 0.187 e. The van der Waals surface area contributed by atoms with E-state index in [2.05, 4.69) is 12.6 Å². The molecule has 0 bridgehead atoms. The van der Waals surface area contributed by atoms with Crippen LogP contribution in [0.2, 0.25) is 0 Å². The molecule has 0 spiro atoms. The first-order valence-corrected chi connectivity index (χ1v) is 7.98. The minimum atomic E-state index is -1.51. The molecule has 2 aliphatic rings. The Labute approximate surface area is 143 Å². The van der Waals surface area contributed by atoms with Crippen molar-refractivity contribution in [3.8, 4) is 0 Å². The topological polar surface area (TPSA) is 158 Å². The van der Waals surface area contributed by atoms with Gasteiger partial charge in [0.1, 0.15) is 30.5 Å². The second-order valence-corrected chi connectivity index (χ2v) is 6.34. The highest BCUT2D eigenvalue weighted by molar-refractivity contribution is 7.81. The third-order valence-corrected chi connectivity index (χ3v) is 4.83. The van der Waals surface area contributed by atoms with E-state index in [1.165, 1.54) is 7.11 Å². The van der Waals surface area contributed by atoms with Gasteiger partial charge in [0.25, 0.3) is 0 Å². The second kappa shape index (κ2) is 8.56. The first kappa shape index (κ1) is 20.3. The molecule has 2 saturated heterocycles. The average Bonchev–Trinajstić information content (AvgIpc) is 2.59. The zero-order valence-electron chi connectivity index (χ0n) is 13.0. The van der Waals surface area contributed by atoms with E-state index in [0.29, 0.717) is 0 Å². The molecule has 0 aliphatic carbocycles. The molecule has 2 fully saturated rings. The summed E-state index contributed by atoms with van der Waals surface area (Å²) in [5.41, 5.74) is 0. The molecule has 0 radical (unpaired) electrons. The van der Waals surface area contributed by atoms with Gasteiger partial charge < -0.3 is 49.6 Å². The molecule has 2 aliphatic heterocycles. The lowest BCUT2D eigenvalue weighted by Crippen LogP contribution is -2.64. The number of aliphatic hydroxyl groups is 6. The summed E-state index contributed by atoms with van der Waals surface area (Å²) in [6.45, 7) is -1.03. The van der Waals surface area contributed by atoms with Crippen LogP contribution in [0.3, 0.4) is 0 Å². The molecule has 0 aromatic carbocycles. The van der Waals surface area contributed by atoms with Gasteiger partial charge in [-0.15, -0.1) is 0 Å². The Morgan fingerprint density at radius 1 is 0.833 bits per heavy atom. The van der Waals surface area contributed by atoms with E-state index < -0.39 is 73.8 Å². The van der Waals surface area contributed by atoms with Crippen molar-refractivity contribution in [2.45, 2.75) is 60.6 Å². The van der Waals surface area contributed by atoms with Crippen LogP contribution in [-0.4, -0.2) is 112 Å². The molecule has 10 atom stereocenters. The van der Waals surface area contributed by atoms with Crippen molar-refractivity contribution in [3.63, 3.8) is 0 Å². The Hall–Kier alpha value is -0.0500. The van der Waals surface area contributed by atoms with Crippen molar-refractivity contribution < 1.29 is 49.6 Å². The minimum Gasteiger partial charge on any atom is -0.394 e. The lowest BCUT2D eigenvalue weighted by atomic mass is 9.98. The van der Waals surface area contributed by atoms with E-state index >= 15 is 0 Å². The summed E-state index contributed by atoms with van der Waals surface area (Å²) < 4.78 is 20.9. The number of aliphatic hydroxyl groups excluding tert-OH is 6. The van der Waals surface area contributed by atoms with E-state index in [1.54, 1.807) is 0 Å². The average molecular weight is 372 g/mol. The van der Waals surface area contributed by atoms with Crippen molar-refractivity contribution in [2.75, 3.05) is 20.3 Å². The Balaban J connectivity index is 2.12. The van der Waals surface area contributed by atoms with Crippen LogP contribution in [0.25, 0.3) is 0 Å². The van der Waals surface area contributed by atoms with E-state index in [1.807, 2.05) is 0 Å². The van der Waals surface area contributed by atoms with Gasteiger partial charge in [-0.3, -0.25) is 0 Å². The molecule has 2 rings (SSSR count). The van der Waals surface area contributed by atoms with Crippen LogP contribution >= 0.6 is 12.6 Å². The van der Waals surface area contributed by atoms with Crippen molar-refractivity contribution in [3.05, 3.63) is 0 Å². The molecular formula is C13H24O10S. The highest BCUT2D eigenvalue weighted by Gasteiger charge is 2.50. The van der Waals surface area contributed by atoms with Gasteiger partial charge in [-0.25, -0.2) is 0 Å². The Bertz CT molecular complexity index is 397. The van der Waals surface area contributed by atoms with Crippen molar-refractivity contribution in [1.82, 2.24) is 0 Å². The summed E-state index contributed by atoms with van der Waals surface area (Å²) >= 11 is 4.07. The second-order valence-electron chi connectivity index (χ2n) is 5.74. The van der Waals surface area contributed by atoms with Gasteiger partial charge in [0.2, 0.25) is 0 Å². The molecule has 0 aromatic rings. The highest BCUT2D eigenvalue weighted by Crippen LogP contribution is 2.30. The van der Waals surface area contributed by atoms with Crippen LogP contribution in [0, 0.1) is 0 Å². The van der Waals surface area contributed by atoms with Gasteiger partial charge in [-0.1, -0.05) is 0 Å². The largest absolute Gasteiger partial charge is 0.394 e. The standard InChI is InChI=1S/C13H24O10S/c1-20-12-8(18)6(16)10(4(2-14)21-12)23-13-9(19)7(17)11(24)5(3-15)22-13/h4-19,24H,2-3H2,1H3/t4-,5-,6-,7-,8-,9-,10-,11-,12-,13+/m1/s1. The summed E-state index contributed by atoms with van der Waals surface area (Å²) in [6, 6.07) is 0. The summed E-state index contributed by atoms with van der Waals surface area (Å²) in [6.07, 6.45) is -11.7. The van der Waals surface area contributed by atoms with Crippen LogP contribution in [0.15, 0.2) is 0 Å². The van der Waals surface area contributed by atoms with Crippen LogP contribution in [0.5, 0.6) is 0 Å². The lowest BCUT2D eigenvalue weighted by molar-refractivity contribution is -0.346. The summed E-state index contributed by atoms with van der Waals surface area (Å²) in [4.78, 5) is 0. The molecule has 0 amide bonds. The number of methoxy groups -OCH3 is 1. The SMILES string of the molecule is CO[C@@H]1O[C@H](CO)[C@@H](O[C@@H]2O[C@H](CO)[C@@H](S)[C@H](O)[C@H]2O)[C@H](O)[C@H]1O. The molecule has 0 saturated carbocycles. The summed E-state index contributed by atoms with van der Waals surface area (Å²) in [7, 11) is 1.26. The van der Waals surface area contributed by atoms with E-state index in [4.69, 9.17) is 18.9 Å². The summed E-state index contributed by atoms with van der Waals surface area (Å²) in [5, 5.41) is 58.0. The van der Waals surface area contributed by atoms with Crippen molar-refractivity contribution in [2.24, 2.45) is 0 Å². The number of rotatable bonds is 5. The molecular weight excluding hydrogens is 348 g/mol. The number of ether oxygens (including phenoxy) is 4. The molecule has 6 N–H and O–H groups in total.